The average Bonchev–Trinajstić information content (AvgIpc) is 3.05. The molecule has 2 aromatic heterocycles. The predicted octanol–water partition coefficient (Wildman–Crippen LogP) is 4.73. The van der Waals surface area contributed by atoms with Gasteiger partial charge < -0.3 is 15.0 Å². The minimum Gasteiger partial charge on any atom is -0.496 e. The number of hydrogen-bond acceptors (Lipinski definition) is 5. The van der Waals surface area contributed by atoms with E-state index in [1.807, 2.05) is 36.6 Å². The second kappa shape index (κ2) is 5.54. The van der Waals surface area contributed by atoms with E-state index in [0.717, 1.165) is 37.5 Å². The molecule has 0 saturated carbocycles. The Labute approximate surface area is 134 Å². The molecule has 0 saturated heterocycles. The van der Waals surface area contributed by atoms with Crippen LogP contribution >= 0.6 is 27.3 Å². The van der Waals surface area contributed by atoms with E-state index in [0.29, 0.717) is 5.88 Å². The third-order valence-corrected chi connectivity index (χ3v) is 4.76. The van der Waals surface area contributed by atoms with Crippen molar-refractivity contribution < 1.29 is 9.26 Å². The van der Waals surface area contributed by atoms with Crippen LogP contribution in [0.3, 0.4) is 0 Å². The largest absolute Gasteiger partial charge is 0.496 e. The van der Waals surface area contributed by atoms with E-state index in [-0.39, 0.29) is 0 Å². The van der Waals surface area contributed by atoms with Crippen LogP contribution in [0.5, 0.6) is 5.75 Å². The molecule has 2 heterocycles. The van der Waals surface area contributed by atoms with E-state index in [2.05, 4.69) is 21.1 Å². The summed E-state index contributed by atoms with van der Waals surface area (Å²) >= 11 is 5.05. The monoisotopic (exact) mass is 364 g/mol. The third-order valence-electron chi connectivity index (χ3n) is 3.26. The Kier molecular flexibility index (Phi) is 3.73. The normalized spacial score (nSPS) is 10.8. The molecular weight excluding hydrogens is 352 g/mol. The van der Waals surface area contributed by atoms with Crippen LogP contribution in [0.1, 0.15) is 5.56 Å². The highest BCUT2D eigenvalue weighted by atomic mass is 79.9. The summed E-state index contributed by atoms with van der Waals surface area (Å²) in [6, 6.07) is 7.93. The van der Waals surface area contributed by atoms with Crippen molar-refractivity contribution >= 4 is 33.2 Å². The Morgan fingerprint density at radius 1 is 1.29 bits per heavy atom. The number of rotatable bonds is 3. The van der Waals surface area contributed by atoms with Crippen molar-refractivity contribution in [3.8, 4) is 28.1 Å². The lowest BCUT2D eigenvalue weighted by molar-refractivity contribution is 0.412. The Morgan fingerprint density at radius 2 is 2.10 bits per heavy atom. The standard InChI is InChI=1S/C15H13BrN2O2S/c1-8-3-4-9(5-11(8)19-2)13-14(18-20-15(13)17)10-6-12(16)21-7-10/h3-7H,17H2,1-2H3. The van der Waals surface area contributed by atoms with Crippen LogP contribution in [-0.4, -0.2) is 12.3 Å². The molecule has 0 aliphatic rings. The first-order valence-corrected chi connectivity index (χ1v) is 7.92. The van der Waals surface area contributed by atoms with Gasteiger partial charge in [-0.1, -0.05) is 17.3 Å². The number of ether oxygens (including phenoxy) is 1. The minimum atomic E-state index is 0.304. The molecule has 2 N–H and O–H groups in total. The summed E-state index contributed by atoms with van der Waals surface area (Å²) in [7, 11) is 1.65. The molecule has 0 amide bonds. The molecule has 108 valence electrons. The molecule has 0 aliphatic heterocycles. The number of thiophene rings is 1. The maximum Gasteiger partial charge on any atom is 0.230 e. The topological polar surface area (TPSA) is 61.3 Å². The summed E-state index contributed by atoms with van der Waals surface area (Å²) in [5.41, 5.74) is 10.5. The molecule has 0 radical (unpaired) electrons. The summed E-state index contributed by atoms with van der Waals surface area (Å²) in [5, 5.41) is 6.11. The fourth-order valence-corrected chi connectivity index (χ4v) is 3.33. The van der Waals surface area contributed by atoms with Gasteiger partial charge in [-0.05, 0) is 46.1 Å². The molecule has 0 spiro atoms. The van der Waals surface area contributed by atoms with Gasteiger partial charge in [-0.25, -0.2) is 0 Å². The van der Waals surface area contributed by atoms with Gasteiger partial charge >= 0.3 is 0 Å². The van der Waals surface area contributed by atoms with E-state index in [9.17, 15) is 0 Å². The maximum atomic E-state index is 5.97. The summed E-state index contributed by atoms with van der Waals surface area (Å²) < 4.78 is 11.6. The molecule has 0 bridgehead atoms. The van der Waals surface area contributed by atoms with Crippen LogP contribution in [0.2, 0.25) is 0 Å². The molecule has 3 rings (SSSR count). The van der Waals surface area contributed by atoms with Crippen molar-refractivity contribution in [2.24, 2.45) is 0 Å². The number of halogens is 1. The highest BCUT2D eigenvalue weighted by Crippen LogP contribution is 2.40. The zero-order chi connectivity index (χ0) is 15.0. The predicted molar refractivity (Wildman–Crippen MR) is 88.7 cm³/mol. The zero-order valence-electron chi connectivity index (χ0n) is 11.5. The van der Waals surface area contributed by atoms with Gasteiger partial charge in [-0.15, -0.1) is 11.3 Å². The Balaban J connectivity index is 2.17. The molecule has 0 fully saturated rings. The number of aromatic nitrogens is 1. The molecule has 0 unspecified atom stereocenters. The summed E-state index contributed by atoms with van der Waals surface area (Å²) in [4.78, 5) is 0. The SMILES string of the molecule is COc1cc(-c2c(-c3csc(Br)c3)noc2N)ccc1C. The first kappa shape index (κ1) is 14.2. The maximum absolute atomic E-state index is 5.97. The Hall–Kier alpha value is -1.79. The molecular formula is C15H13BrN2O2S. The van der Waals surface area contributed by atoms with E-state index in [4.69, 9.17) is 15.0 Å². The van der Waals surface area contributed by atoms with Gasteiger partial charge in [-0.2, -0.15) is 0 Å². The first-order valence-electron chi connectivity index (χ1n) is 6.24. The van der Waals surface area contributed by atoms with Crippen LogP contribution in [-0.2, 0) is 0 Å². The highest BCUT2D eigenvalue weighted by Gasteiger charge is 2.19. The highest BCUT2D eigenvalue weighted by molar-refractivity contribution is 9.11. The van der Waals surface area contributed by atoms with Crippen LogP contribution in [0, 0.1) is 6.92 Å². The van der Waals surface area contributed by atoms with Crippen molar-refractivity contribution in [3.05, 3.63) is 39.0 Å². The molecule has 0 aliphatic carbocycles. The number of nitrogens with two attached hydrogens (primary N) is 1. The van der Waals surface area contributed by atoms with Gasteiger partial charge in [0.05, 0.1) is 16.5 Å². The average molecular weight is 365 g/mol. The number of aryl methyl sites for hydroxylation is 1. The number of hydrogen-bond donors (Lipinski definition) is 1. The van der Waals surface area contributed by atoms with Crippen molar-refractivity contribution in [1.82, 2.24) is 5.16 Å². The number of anilines is 1. The van der Waals surface area contributed by atoms with Crippen LogP contribution in [0.4, 0.5) is 5.88 Å². The molecule has 1 aromatic carbocycles. The van der Waals surface area contributed by atoms with Crippen molar-refractivity contribution in [2.45, 2.75) is 6.92 Å². The van der Waals surface area contributed by atoms with Crippen molar-refractivity contribution in [2.75, 3.05) is 12.8 Å². The number of methoxy groups -OCH3 is 1. The van der Waals surface area contributed by atoms with E-state index in [1.165, 1.54) is 0 Å². The summed E-state index contributed by atoms with van der Waals surface area (Å²) in [6.07, 6.45) is 0. The lowest BCUT2D eigenvalue weighted by atomic mass is 10.0. The fourth-order valence-electron chi connectivity index (χ4n) is 2.19. The van der Waals surface area contributed by atoms with E-state index >= 15 is 0 Å². The van der Waals surface area contributed by atoms with Crippen molar-refractivity contribution in [1.29, 1.82) is 0 Å². The van der Waals surface area contributed by atoms with E-state index < -0.39 is 0 Å². The van der Waals surface area contributed by atoms with Crippen LogP contribution in [0.25, 0.3) is 22.4 Å². The van der Waals surface area contributed by atoms with Crippen LogP contribution < -0.4 is 10.5 Å². The van der Waals surface area contributed by atoms with Gasteiger partial charge in [-0.3, -0.25) is 0 Å². The van der Waals surface area contributed by atoms with Crippen LogP contribution in [0.15, 0.2) is 38.0 Å². The molecule has 3 aromatic rings. The second-order valence-corrected chi connectivity index (χ2v) is 6.88. The number of benzene rings is 1. The third kappa shape index (κ3) is 2.56. The number of nitrogens with zero attached hydrogens (tertiary/aromatic N) is 1. The quantitative estimate of drug-likeness (QED) is 0.729. The van der Waals surface area contributed by atoms with Gasteiger partial charge in [0, 0.05) is 10.9 Å². The van der Waals surface area contributed by atoms with Crippen molar-refractivity contribution in [3.63, 3.8) is 0 Å². The van der Waals surface area contributed by atoms with Gasteiger partial charge in [0.1, 0.15) is 11.4 Å². The lowest BCUT2D eigenvalue weighted by Crippen LogP contribution is -1.91. The zero-order valence-corrected chi connectivity index (χ0v) is 13.9. The Morgan fingerprint density at radius 3 is 2.76 bits per heavy atom. The van der Waals surface area contributed by atoms with Gasteiger partial charge in [0.25, 0.3) is 0 Å². The summed E-state index contributed by atoms with van der Waals surface area (Å²) in [6.45, 7) is 2.00. The first-order chi connectivity index (χ1) is 10.1. The minimum absolute atomic E-state index is 0.304. The Bertz CT molecular complexity index is 795. The molecule has 4 nitrogen and oxygen atoms in total. The lowest BCUT2D eigenvalue weighted by Gasteiger charge is -2.07. The number of nitrogen functional groups attached to an aromatic ring is 1. The summed E-state index contributed by atoms with van der Waals surface area (Å²) in [5.74, 6) is 1.11. The molecule has 6 heteroatoms. The van der Waals surface area contributed by atoms with Gasteiger partial charge in [0.2, 0.25) is 5.88 Å². The van der Waals surface area contributed by atoms with Gasteiger partial charge in [0.15, 0.2) is 0 Å². The molecule has 0 atom stereocenters. The van der Waals surface area contributed by atoms with E-state index in [1.54, 1.807) is 18.4 Å². The fraction of sp³-hybridized carbons (Fsp3) is 0.133. The molecule has 21 heavy (non-hydrogen) atoms. The second-order valence-electron chi connectivity index (χ2n) is 4.59. The smallest absolute Gasteiger partial charge is 0.230 e.